The second kappa shape index (κ2) is 3.59. The third-order valence-corrected chi connectivity index (χ3v) is 6.40. The molecule has 2 heteroatoms. The molecule has 1 saturated carbocycles. The zero-order valence-corrected chi connectivity index (χ0v) is 13.0. The van der Waals surface area contributed by atoms with Crippen LogP contribution in [0.1, 0.15) is 56.2 Å². The van der Waals surface area contributed by atoms with Crippen molar-refractivity contribution in [1.29, 1.82) is 0 Å². The Labute approximate surface area is 121 Å². The average Bonchev–Trinajstić information content (AvgIpc) is 3.03. The summed E-state index contributed by atoms with van der Waals surface area (Å²) in [5, 5.41) is 0. The van der Waals surface area contributed by atoms with Gasteiger partial charge in [-0.05, 0) is 68.7 Å². The van der Waals surface area contributed by atoms with Crippen molar-refractivity contribution in [3.63, 3.8) is 0 Å². The van der Waals surface area contributed by atoms with Crippen molar-refractivity contribution in [2.75, 3.05) is 7.11 Å². The van der Waals surface area contributed by atoms with Crippen LogP contribution in [-0.4, -0.2) is 18.3 Å². The molecule has 4 rings (SSSR count). The molecule has 0 amide bonds. The number of epoxide rings is 1. The molecule has 2 fully saturated rings. The fourth-order valence-electron chi connectivity index (χ4n) is 5.23. The van der Waals surface area contributed by atoms with Crippen LogP contribution in [0.25, 0.3) is 0 Å². The maximum atomic E-state index is 6.38. The highest BCUT2D eigenvalue weighted by molar-refractivity contribution is 5.52. The minimum atomic E-state index is 0.0888. The third kappa shape index (κ3) is 1.25. The largest absolute Gasteiger partial charge is 0.496 e. The molecule has 1 aromatic carbocycles. The molecular formula is C18H24O2. The van der Waals surface area contributed by atoms with Crippen molar-refractivity contribution in [1.82, 2.24) is 0 Å². The predicted octanol–water partition coefficient (Wildman–Crippen LogP) is 3.92. The summed E-state index contributed by atoms with van der Waals surface area (Å²) in [6.07, 6.45) is 6.05. The molecule has 0 N–H and O–H groups in total. The lowest BCUT2D eigenvalue weighted by atomic mass is 9.55. The summed E-state index contributed by atoms with van der Waals surface area (Å²) >= 11 is 0. The van der Waals surface area contributed by atoms with E-state index in [4.69, 9.17) is 9.47 Å². The van der Waals surface area contributed by atoms with Gasteiger partial charge in [-0.1, -0.05) is 13.0 Å². The van der Waals surface area contributed by atoms with Gasteiger partial charge in [0.05, 0.1) is 12.7 Å². The number of fused-ring (bicyclic) bond motifs is 2. The van der Waals surface area contributed by atoms with Gasteiger partial charge in [0.2, 0.25) is 0 Å². The first kappa shape index (κ1) is 12.7. The molecule has 2 nitrogen and oxygen atoms in total. The maximum absolute atomic E-state index is 6.38. The fourth-order valence-corrected chi connectivity index (χ4v) is 5.23. The van der Waals surface area contributed by atoms with Gasteiger partial charge in [-0.2, -0.15) is 0 Å². The van der Waals surface area contributed by atoms with Gasteiger partial charge in [0.1, 0.15) is 11.4 Å². The number of ether oxygens (including phenoxy) is 2. The van der Waals surface area contributed by atoms with Gasteiger partial charge in [0.15, 0.2) is 0 Å². The van der Waals surface area contributed by atoms with Crippen LogP contribution in [0.15, 0.2) is 12.1 Å². The summed E-state index contributed by atoms with van der Waals surface area (Å²) in [4.78, 5) is 0. The van der Waals surface area contributed by atoms with Crippen LogP contribution in [0.5, 0.6) is 5.75 Å². The smallest absolute Gasteiger partial charge is 0.122 e. The Morgan fingerprint density at radius 1 is 1.15 bits per heavy atom. The molecule has 1 aliphatic heterocycles. The van der Waals surface area contributed by atoms with Crippen molar-refractivity contribution >= 4 is 0 Å². The van der Waals surface area contributed by atoms with E-state index >= 15 is 0 Å². The highest BCUT2D eigenvalue weighted by Gasteiger charge is 2.76. The van der Waals surface area contributed by atoms with E-state index in [1.807, 2.05) is 0 Å². The highest BCUT2D eigenvalue weighted by Crippen LogP contribution is 2.69. The van der Waals surface area contributed by atoms with Crippen molar-refractivity contribution in [3.05, 3.63) is 28.8 Å². The van der Waals surface area contributed by atoms with Crippen molar-refractivity contribution in [2.45, 2.75) is 69.5 Å². The lowest BCUT2D eigenvalue weighted by molar-refractivity contribution is 0.156. The number of benzene rings is 1. The van der Waals surface area contributed by atoms with Gasteiger partial charge in [-0.15, -0.1) is 0 Å². The zero-order chi connectivity index (χ0) is 14.2. The average molecular weight is 272 g/mol. The molecule has 20 heavy (non-hydrogen) atoms. The molecule has 0 bridgehead atoms. The van der Waals surface area contributed by atoms with E-state index in [1.165, 1.54) is 42.4 Å². The Balaban J connectivity index is 1.90. The zero-order valence-electron chi connectivity index (χ0n) is 13.0. The Kier molecular flexibility index (Phi) is 2.28. The van der Waals surface area contributed by atoms with E-state index in [2.05, 4.69) is 32.9 Å². The molecule has 0 radical (unpaired) electrons. The van der Waals surface area contributed by atoms with Gasteiger partial charge >= 0.3 is 0 Å². The molecule has 3 atom stereocenters. The van der Waals surface area contributed by atoms with E-state index in [1.54, 1.807) is 7.11 Å². The molecule has 1 spiro atoms. The first-order chi connectivity index (χ1) is 9.46. The second-order valence-electron chi connectivity index (χ2n) is 7.32. The molecule has 3 aliphatic rings. The van der Waals surface area contributed by atoms with Crippen molar-refractivity contribution in [2.24, 2.45) is 0 Å². The molecule has 1 heterocycles. The molecule has 0 unspecified atom stereocenters. The summed E-state index contributed by atoms with van der Waals surface area (Å²) in [5.74, 6) is 1.02. The molecule has 0 aromatic heterocycles. The van der Waals surface area contributed by atoms with Gasteiger partial charge in [0, 0.05) is 5.41 Å². The van der Waals surface area contributed by atoms with Crippen LogP contribution in [0, 0.1) is 6.92 Å². The van der Waals surface area contributed by atoms with E-state index in [0.717, 1.165) is 12.2 Å². The van der Waals surface area contributed by atoms with Crippen LogP contribution in [0.2, 0.25) is 0 Å². The molecule has 1 aromatic rings. The molecule has 1 saturated heterocycles. The number of rotatable bonds is 1. The maximum Gasteiger partial charge on any atom is 0.122 e. The van der Waals surface area contributed by atoms with E-state index in [0.29, 0.717) is 0 Å². The summed E-state index contributed by atoms with van der Waals surface area (Å²) in [5.41, 5.74) is 4.61. The number of methoxy groups -OCH3 is 1. The number of hydrogen-bond donors (Lipinski definition) is 0. The van der Waals surface area contributed by atoms with E-state index in [-0.39, 0.29) is 16.6 Å². The van der Waals surface area contributed by atoms with Gasteiger partial charge in [0.25, 0.3) is 0 Å². The fraction of sp³-hybridized carbons (Fsp3) is 0.667. The Bertz CT molecular complexity index is 593. The standard InChI is InChI=1S/C18H24O2/c1-12-10-13-6-9-18-16(2,14(13)11-15(12)19-4)7-5-8-17(18,3)20-18/h10-11H,5-9H2,1-4H3/t16-,17-,18+/m1/s1. The number of hydrogen-bond acceptors (Lipinski definition) is 2. The van der Waals surface area contributed by atoms with E-state index < -0.39 is 0 Å². The lowest BCUT2D eigenvalue weighted by Gasteiger charge is -2.46. The van der Waals surface area contributed by atoms with Crippen LogP contribution in [-0.2, 0) is 16.6 Å². The summed E-state index contributed by atoms with van der Waals surface area (Å²) in [7, 11) is 1.77. The normalized spacial score (nSPS) is 41.4. The highest BCUT2D eigenvalue weighted by atomic mass is 16.6. The molecule has 2 aliphatic carbocycles. The van der Waals surface area contributed by atoms with E-state index in [9.17, 15) is 0 Å². The quantitative estimate of drug-likeness (QED) is 0.723. The Morgan fingerprint density at radius 3 is 2.70 bits per heavy atom. The summed E-state index contributed by atoms with van der Waals surface area (Å²) in [6, 6.07) is 4.62. The van der Waals surface area contributed by atoms with Crippen molar-refractivity contribution in [3.8, 4) is 5.75 Å². The third-order valence-electron chi connectivity index (χ3n) is 6.40. The van der Waals surface area contributed by atoms with Crippen LogP contribution in [0.4, 0.5) is 0 Å². The SMILES string of the molecule is COc1cc2c(cc1C)CC[C@@]13O[C@]1(C)CCC[C@]23C. The Morgan fingerprint density at radius 2 is 1.95 bits per heavy atom. The van der Waals surface area contributed by atoms with Crippen LogP contribution < -0.4 is 4.74 Å². The van der Waals surface area contributed by atoms with Crippen molar-refractivity contribution < 1.29 is 9.47 Å². The molecule has 108 valence electrons. The monoisotopic (exact) mass is 272 g/mol. The second-order valence-corrected chi connectivity index (χ2v) is 7.32. The Hall–Kier alpha value is -1.02. The minimum Gasteiger partial charge on any atom is -0.496 e. The summed E-state index contributed by atoms with van der Waals surface area (Å²) in [6.45, 7) is 6.88. The topological polar surface area (TPSA) is 21.8 Å². The first-order valence-electron chi connectivity index (χ1n) is 7.84. The molecular weight excluding hydrogens is 248 g/mol. The van der Waals surface area contributed by atoms with Crippen LogP contribution >= 0.6 is 0 Å². The van der Waals surface area contributed by atoms with Gasteiger partial charge in [-0.3, -0.25) is 0 Å². The number of aryl methyl sites for hydroxylation is 2. The van der Waals surface area contributed by atoms with Crippen LogP contribution in [0.3, 0.4) is 0 Å². The van der Waals surface area contributed by atoms with Gasteiger partial charge < -0.3 is 9.47 Å². The first-order valence-corrected chi connectivity index (χ1v) is 7.84. The predicted molar refractivity (Wildman–Crippen MR) is 79.5 cm³/mol. The lowest BCUT2D eigenvalue weighted by Crippen LogP contribution is -2.50. The van der Waals surface area contributed by atoms with Gasteiger partial charge in [-0.25, -0.2) is 0 Å². The summed E-state index contributed by atoms with van der Waals surface area (Å²) < 4.78 is 11.9. The minimum absolute atomic E-state index is 0.0888.